The third-order valence-electron chi connectivity index (χ3n) is 2.10. The van der Waals surface area contributed by atoms with Gasteiger partial charge in [0.1, 0.15) is 11.3 Å². The molecule has 0 spiro atoms. The van der Waals surface area contributed by atoms with Gasteiger partial charge in [-0.25, -0.2) is 0 Å². The van der Waals surface area contributed by atoms with Gasteiger partial charge in [-0.1, -0.05) is 0 Å². The second-order valence-corrected chi connectivity index (χ2v) is 3.52. The van der Waals surface area contributed by atoms with Crippen LogP contribution in [0.15, 0.2) is 18.2 Å². The molecule has 94 valence electrons. The lowest BCUT2D eigenvalue weighted by Crippen LogP contribution is -2.08. The fourth-order valence-electron chi connectivity index (χ4n) is 1.34. The zero-order valence-corrected chi connectivity index (χ0v) is 9.28. The number of benzene rings is 1. The molecule has 1 aromatic carbocycles. The van der Waals surface area contributed by atoms with E-state index in [4.69, 9.17) is 0 Å². The molecule has 0 N–H and O–H groups in total. The minimum atomic E-state index is -0.822. The first-order chi connectivity index (χ1) is 8.32. The van der Waals surface area contributed by atoms with E-state index in [0.29, 0.717) is 0 Å². The van der Waals surface area contributed by atoms with Gasteiger partial charge in [-0.2, -0.15) is 0 Å². The Morgan fingerprint density at radius 1 is 1.17 bits per heavy atom. The molecule has 0 amide bonds. The van der Waals surface area contributed by atoms with Crippen LogP contribution in [0, 0.1) is 20.2 Å². The van der Waals surface area contributed by atoms with E-state index in [1.54, 1.807) is 0 Å². The van der Waals surface area contributed by atoms with Crippen molar-refractivity contribution < 1.29 is 19.4 Å². The highest BCUT2D eigenvalue weighted by Gasteiger charge is 2.24. The molecular weight excluding hydrogens is 244 g/mol. The van der Waals surface area contributed by atoms with E-state index in [0.717, 1.165) is 25.1 Å². The minimum Gasteiger partial charge on any atom is -0.300 e. The molecule has 0 fully saturated rings. The fraction of sp³-hybridized carbons (Fsp3) is 0.200. The summed E-state index contributed by atoms with van der Waals surface area (Å²) < 4.78 is 0. The molecule has 0 aliphatic rings. The molecule has 0 atom stereocenters. The number of nitrogens with zero attached hydrogens (tertiary/aromatic N) is 2. The predicted octanol–water partition coefficient (Wildman–Crippen LogP) is 1.66. The molecule has 0 bridgehead atoms. The average molecular weight is 252 g/mol. The Balaban J connectivity index is 3.31. The minimum absolute atomic E-state index is 0.426. The maximum absolute atomic E-state index is 11.6. The number of nitro benzene ring substituents is 2. The van der Waals surface area contributed by atoms with Crippen molar-refractivity contribution in [3.63, 3.8) is 0 Å². The summed E-state index contributed by atoms with van der Waals surface area (Å²) in [5.74, 6) is -1.28. The number of ketones is 2. The van der Waals surface area contributed by atoms with Crippen LogP contribution < -0.4 is 0 Å². The normalized spacial score (nSPS) is 9.83. The third kappa shape index (κ3) is 2.94. The van der Waals surface area contributed by atoms with Crippen LogP contribution in [0.4, 0.5) is 11.4 Å². The molecule has 0 heterocycles. The summed E-state index contributed by atoms with van der Waals surface area (Å²) in [7, 11) is 0. The summed E-state index contributed by atoms with van der Waals surface area (Å²) in [5.41, 5.74) is -1.41. The molecule has 8 heteroatoms. The van der Waals surface area contributed by atoms with Crippen LogP contribution in [-0.4, -0.2) is 21.4 Å². The van der Waals surface area contributed by atoms with Crippen LogP contribution in [0.2, 0.25) is 0 Å². The average Bonchev–Trinajstić information content (AvgIpc) is 2.26. The molecule has 8 nitrogen and oxygen atoms in total. The van der Waals surface area contributed by atoms with Crippen LogP contribution >= 0.6 is 0 Å². The van der Waals surface area contributed by atoms with Crippen LogP contribution in [-0.2, 0) is 4.79 Å². The molecule has 1 rings (SSSR count). The largest absolute Gasteiger partial charge is 0.300 e. The predicted molar refractivity (Wildman–Crippen MR) is 59.4 cm³/mol. The molecule has 0 aliphatic carbocycles. The van der Waals surface area contributed by atoms with Crippen LogP contribution in [0.1, 0.15) is 23.7 Å². The monoisotopic (exact) mass is 252 g/mol. The van der Waals surface area contributed by atoms with Gasteiger partial charge < -0.3 is 0 Å². The molecule has 0 saturated heterocycles. The van der Waals surface area contributed by atoms with Crippen molar-refractivity contribution in [2.75, 3.05) is 0 Å². The van der Waals surface area contributed by atoms with Crippen molar-refractivity contribution in [2.24, 2.45) is 0 Å². The molecule has 0 radical (unpaired) electrons. The second-order valence-electron chi connectivity index (χ2n) is 3.52. The number of hydrogen-bond acceptors (Lipinski definition) is 6. The van der Waals surface area contributed by atoms with Gasteiger partial charge >= 0.3 is 0 Å². The van der Waals surface area contributed by atoms with Gasteiger partial charge in [-0.3, -0.25) is 29.8 Å². The summed E-state index contributed by atoms with van der Waals surface area (Å²) in [5, 5.41) is 21.2. The highest BCUT2D eigenvalue weighted by atomic mass is 16.6. The topological polar surface area (TPSA) is 120 Å². The van der Waals surface area contributed by atoms with E-state index in [1.807, 2.05) is 0 Å². The number of carbonyl (C=O) groups excluding carboxylic acids is 2. The molecule has 0 unspecified atom stereocenters. The van der Waals surface area contributed by atoms with E-state index in [9.17, 15) is 29.8 Å². The van der Waals surface area contributed by atoms with Crippen LogP contribution in [0.5, 0.6) is 0 Å². The van der Waals surface area contributed by atoms with Gasteiger partial charge in [0.05, 0.1) is 16.3 Å². The van der Waals surface area contributed by atoms with E-state index in [-0.39, 0.29) is 0 Å². The van der Waals surface area contributed by atoms with Gasteiger partial charge in [0.25, 0.3) is 11.4 Å². The van der Waals surface area contributed by atoms with Crippen molar-refractivity contribution >= 4 is 22.9 Å². The highest BCUT2D eigenvalue weighted by molar-refractivity contribution is 6.09. The maximum Gasteiger partial charge on any atom is 0.280 e. The number of Topliss-reactive ketones (excluding diaryl/α,β-unsaturated/α-hetero) is 2. The fourth-order valence-corrected chi connectivity index (χ4v) is 1.34. The molecule has 1 aromatic rings. The van der Waals surface area contributed by atoms with Crippen molar-refractivity contribution in [1.29, 1.82) is 0 Å². The molecule has 0 saturated carbocycles. The van der Waals surface area contributed by atoms with E-state index in [2.05, 4.69) is 0 Å². The summed E-state index contributed by atoms with van der Waals surface area (Å²) >= 11 is 0. The van der Waals surface area contributed by atoms with Crippen molar-refractivity contribution in [1.82, 2.24) is 0 Å². The first kappa shape index (κ1) is 13.4. The molecule has 0 aromatic heterocycles. The van der Waals surface area contributed by atoms with E-state index in [1.165, 1.54) is 0 Å². The van der Waals surface area contributed by atoms with Gasteiger partial charge in [0.15, 0.2) is 5.78 Å². The summed E-state index contributed by atoms with van der Waals surface area (Å²) in [6.45, 7) is 1.15. The Labute approximate surface area is 101 Å². The standard InChI is InChI=1S/C10H8N2O6/c1-6(13)4-10(14)8-5-7(11(15)16)2-3-9(8)12(17)18/h2-3,5H,4H2,1H3. The van der Waals surface area contributed by atoms with Crippen LogP contribution in [0.3, 0.4) is 0 Å². The SMILES string of the molecule is CC(=O)CC(=O)c1cc([N+](=O)[O-])ccc1[N+](=O)[O-]. The van der Waals surface area contributed by atoms with Gasteiger partial charge in [-0.15, -0.1) is 0 Å². The van der Waals surface area contributed by atoms with E-state index < -0.39 is 44.8 Å². The van der Waals surface area contributed by atoms with Crippen molar-refractivity contribution in [2.45, 2.75) is 13.3 Å². The van der Waals surface area contributed by atoms with Gasteiger partial charge in [-0.05, 0) is 6.92 Å². The second kappa shape index (κ2) is 5.13. The number of non-ortho nitro benzene ring substituents is 1. The maximum atomic E-state index is 11.6. The smallest absolute Gasteiger partial charge is 0.280 e. The Bertz CT molecular complexity index is 551. The quantitative estimate of drug-likeness (QED) is 0.340. The molecule has 18 heavy (non-hydrogen) atoms. The first-order valence-corrected chi connectivity index (χ1v) is 4.78. The van der Waals surface area contributed by atoms with Gasteiger partial charge in [0.2, 0.25) is 0 Å². The Hall–Kier alpha value is -2.64. The Kier molecular flexibility index (Phi) is 3.82. The van der Waals surface area contributed by atoms with E-state index >= 15 is 0 Å². The number of nitro groups is 2. The molecule has 0 aliphatic heterocycles. The highest BCUT2D eigenvalue weighted by Crippen LogP contribution is 2.25. The van der Waals surface area contributed by atoms with Crippen molar-refractivity contribution in [3.8, 4) is 0 Å². The summed E-state index contributed by atoms with van der Waals surface area (Å²) in [4.78, 5) is 42.0. The van der Waals surface area contributed by atoms with Gasteiger partial charge in [0, 0.05) is 18.2 Å². The van der Waals surface area contributed by atoms with Crippen molar-refractivity contribution in [3.05, 3.63) is 44.0 Å². The Morgan fingerprint density at radius 3 is 2.22 bits per heavy atom. The zero-order valence-electron chi connectivity index (χ0n) is 9.28. The van der Waals surface area contributed by atoms with Crippen LogP contribution in [0.25, 0.3) is 0 Å². The summed E-state index contributed by atoms with van der Waals surface area (Å²) in [6, 6.07) is 2.62. The Morgan fingerprint density at radius 2 is 1.78 bits per heavy atom. The lowest BCUT2D eigenvalue weighted by Gasteiger charge is -2.00. The lowest BCUT2D eigenvalue weighted by molar-refractivity contribution is -0.389. The lowest BCUT2D eigenvalue weighted by atomic mass is 10.0. The zero-order chi connectivity index (χ0) is 13.9. The number of rotatable bonds is 5. The third-order valence-corrected chi connectivity index (χ3v) is 2.10. The number of hydrogen-bond donors (Lipinski definition) is 0. The first-order valence-electron chi connectivity index (χ1n) is 4.78. The summed E-state index contributed by atoms with van der Waals surface area (Å²) in [6.07, 6.45) is -0.526. The number of carbonyl (C=O) groups is 2. The molecular formula is C10H8N2O6.